The maximum Gasteiger partial charge on any atom is 0.224 e. The quantitative estimate of drug-likeness (QED) is 0.880. The summed E-state index contributed by atoms with van der Waals surface area (Å²) in [5, 5.41) is 6.34. The minimum Gasteiger partial charge on any atom is -0.326 e. The maximum atomic E-state index is 11.7. The summed E-state index contributed by atoms with van der Waals surface area (Å²) >= 11 is 1.75. The number of thioether (sulfide) groups is 1. The number of aliphatic imine (C=N–C) groups is 1. The van der Waals surface area contributed by atoms with Crippen LogP contribution in [0.3, 0.4) is 0 Å². The number of fused-ring (bicyclic) bond motifs is 3. The molecule has 1 amide bonds. The van der Waals surface area contributed by atoms with Crippen molar-refractivity contribution in [2.75, 3.05) is 5.32 Å². The fourth-order valence-electron chi connectivity index (χ4n) is 3.81. The first-order chi connectivity index (χ1) is 11.8. The Kier molecular flexibility index (Phi) is 4.35. The highest BCUT2D eigenvalue weighted by molar-refractivity contribution is 8.16. The molecule has 5 heteroatoms. The molecule has 4 nitrogen and oxygen atoms in total. The van der Waals surface area contributed by atoms with E-state index in [4.69, 9.17) is 4.99 Å². The smallest absolute Gasteiger partial charge is 0.224 e. The first-order valence-electron chi connectivity index (χ1n) is 8.90. The average Bonchev–Trinajstić information content (AvgIpc) is 3.15. The van der Waals surface area contributed by atoms with Crippen LogP contribution in [0.5, 0.6) is 0 Å². The molecule has 0 spiro atoms. The fraction of sp³-hybridized carbons (Fsp3) is 0.474. The van der Waals surface area contributed by atoms with Gasteiger partial charge >= 0.3 is 0 Å². The highest BCUT2D eigenvalue weighted by atomic mass is 32.2. The minimum absolute atomic E-state index is 0.0832. The van der Waals surface area contributed by atoms with E-state index in [0.29, 0.717) is 18.5 Å². The van der Waals surface area contributed by atoms with Crippen LogP contribution in [0, 0.1) is 0 Å². The zero-order valence-corrected chi connectivity index (χ0v) is 14.8. The third-order valence-electron chi connectivity index (χ3n) is 4.98. The SMILES string of the molecule is CCCC(=O)Nc1ccc(C2=CSC3=N[C@H]4CCCC[C@@H]4N23)cc1. The summed E-state index contributed by atoms with van der Waals surface area (Å²) in [5.74, 6) is 0.0832. The molecule has 1 fully saturated rings. The molecule has 0 bridgehead atoms. The van der Waals surface area contributed by atoms with Crippen LogP contribution in [-0.4, -0.2) is 28.1 Å². The molecule has 3 aliphatic rings. The second kappa shape index (κ2) is 6.63. The lowest BCUT2D eigenvalue weighted by Crippen LogP contribution is -2.38. The molecule has 0 unspecified atom stereocenters. The normalized spacial score (nSPS) is 25.0. The number of amides is 1. The number of nitrogens with zero attached hydrogens (tertiary/aromatic N) is 2. The van der Waals surface area contributed by atoms with E-state index in [0.717, 1.165) is 12.1 Å². The van der Waals surface area contributed by atoms with Crippen molar-refractivity contribution in [3.05, 3.63) is 35.2 Å². The van der Waals surface area contributed by atoms with Crippen LogP contribution in [0.25, 0.3) is 5.70 Å². The summed E-state index contributed by atoms with van der Waals surface area (Å²) in [5.41, 5.74) is 3.33. The highest BCUT2D eigenvalue weighted by Gasteiger charge is 2.41. The van der Waals surface area contributed by atoms with Crippen molar-refractivity contribution >= 4 is 34.2 Å². The second-order valence-corrected chi connectivity index (χ2v) is 7.53. The summed E-state index contributed by atoms with van der Waals surface area (Å²) in [6.45, 7) is 2.01. The van der Waals surface area contributed by atoms with E-state index in [-0.39, 0.29) is 5.91 Å². The van der Waals surface area contributed by atoms with Crippen LogP contribution in [0.15, 0.2) is 34.7 Å². The van der Waals surface area contributed by atoms with Gasteiger partial charge in [-0.15, -0.1) is 0 Å². The predicted octanol–water partition coefficient (Wildman–Crippen LogP) is 4.45. The lowest BCUT2D eigenvalue weighted by Gasteiger charge is -2.32. The Morgan fingerprint density at radius 1 is 1.29 bits per heavy atom. The third kappa shape index (κ3) is 2.86. The number of carbonyl (C=O) groups excluding carboxylic acids is 1. The number of benzene rings is 1. The molecule has 24 heavy (non-hydrogen) atoms. The van der Waals surface area contributed by atoms with Crippen LogP contribution in [0.1, 0.15) is 51.0 Å². The van der Waals surface area contributed by atoms with Gasteiger partial charge in [-0.3, -0.25) is 9.79 Å². The van der Waals surface area contributed by atoms with Crippen LogP contribution in [0.2, 0.25) is 0 Å². The van der Waals surface area contributed by atoms with E-state index in [1.807, 2.05) is 19.1 Å². The standard InChI is InChI=1S/C19H23N3OS/c1-2-5-18(23)20-14-10-8-13(9-11-14)17-12-24-19-21-15-6-3-4-7-16(15)22(17)19/h8-12,15-16H,2-7H2,1H3,(H,20,23)/t15-,16-/m0/s1. The Balaban J connectivity index is 1.50. The molecule has 1 aromatic rings. The van der Waals surface area contributed by atoms with Gasteiger partial charge in [0.05, 0.1) is 17.8 Å². The first kappa shape index (κ1) is 15.8. The monoisotopic (exact) mass is 341 g/mol. The van der Waals surface area contributed by atoms with Crippen molar-refractivity contribution < 1.29 is 4.79 Å². The molecular weight excluding hydrogens is 318 g/mol. The van der Waals surface area contributed by atoms with Crippen LogP contribution in [-0.2, 0) is 4.79 Å². The zero-order chi connectivity index (χ0) is 16.5. The topological polar surface area (TPSA) is 44.7 Å². The Morgan fingerprint density at radius 2 is 2.08 bits per heavy atom. The van der Waals surface area contributed by atoms with E-state index in [9.17, 15) is 4.79 Å². The molecule has 0 aromatic heterocycles. The van der Waals surface area contributed by atoms with Gasteiger partial charge in [-0.2, -0.15) is 0 Å². The van der Waals surface area contributed by atoms with E-state index in [1.165, 1.54) is 42.1 Å². The van der Waals surface area contributed by atoms with Crippen molar-refractivity contribution in [1.29, 1.82) is 0 Å². The van der Waals surface area contributed by atoms with Crippen molar-refractivity contribution in [1.82, 2.24) is 4.90 Å². The van der Waals surface area contributed by atoms with Gasteiger partial charge in [0, 0.05) is 17.5 Å². The Labute approximate surface area is 147 Å². The van der Waals surface area contributed by atoms with Crippen LogP contribution in [0.4, 0.5) is 5.69 Å². The number of rotatable bonds is 4. The van der Waals surface area contributed by atoms with Crippen molar-refractivity contribution in [2.45, 2.75) is 57.5 Å². The molecule has 126 valence electrons. The first-order valence-corrected chi connectivity index (χ1v) is 9.78. The summed E-state index contributed by atoms with van der Waals surface area (Å²) in [6.07, 6.45) is 6.51. The summed E-state index contributed by atoms with van der Waals surface area (Å²) in [7, 11) is 0. The second-order valence-electron chi connectivity index (χ2n) is 6.70. The number of amidine groups is 1. The highest BCUT2D eigenvalue weighted by Crippen LogP contribution is 2.44. The summed E-state index contributed by atoms with van der Waals surface area (Å²) < 4.78 is 0. The molecular formula is C19H23N3OS. The molecule has 1 aromatic carbocycles. The number of anilines is 1. The van der Waals surface area contributed by atoms with Gasteiger partial charge in [0.1, 0.15) is 0 Å². The number of hydrogen-bond donors (Lipinski definition) is 1. The van der Waals surface area contributed by atoms with Crippen molar-refractivity contribution in [2.24, 2.45) is 4.99 Å². The molecule has 1 saturated carbocycles. The largest absolute Gasteiger partial charge is 0.326 e. The van der Waals surface area contributed by atoms with E-state index in [2.05, 4.69) is 27.8 Å². The maximum absolute atomic E-state index is 11.7. The summed E-state index contributed by atoms with van der Waals surface area (Å²) in [6, 6.07) is 9.23. The zero-order valence-electron chi connectivity index (χ0n) is 14.0. The van der Waals surface area contributed by atoms with Gasteiger partial charge < -0.3 is 10.2 Å². The molecule has 2 aliphatic heterocycles. The van der Waals surface area contributed by atoms with Gasteiger partial charge in [-0.1, -0.05) is 43.7 Å². The Bertz CT molecular complexity index is 695. The van der Waals surface area contributed by atoms with Crippen molar-refractivity contribution in [3.8, 4) is 0 Å². The Morgan fingerprint density at radius 3 is 2.88 bits per heavy atom. The number of carbonyl (C=O) groups is 1. The van der Waals surface area contributed by atoms with Gasteiger partial charge in [0.25, 0.3) is 0 Å². The lowest BCUT2D eigenvalue weighted by molar-refractivity contribution is -0.116. The third-order valence-corrected chi connectivity index (χ3v) is 5.84. The van der Waals surface area contributed by atoms with Crippen LogP contribution >= 0.6 is 11.8 Å². The van der Waals surface area contributed by atoms with Gasteiger partial charge in [-0.25, -0.2) is 0 Å². The number of hydrogen-bond acceptors (Lipinski definition) is 4. The molecule has 2 atom stereocenters. The molecule has 0 radical (unpaired) electrons. The molecule has 2 heterocycles. The van der Waals surface area contributed by atoms with Gasteiger partial charge in [-0.05, 0) is 37.0 Å². The predicted molar refractivity (Wildman–Crippen MR) is 101 cm³/mol. The van der Waals surface area contributed by atoms with Crippen LogP contribution < -0.4 is 5.32 Å². The fourth-order valence-corrected chi connectivity index (χ4v) is 4.82. The van der Waals surface area contributed by atoms with E-state index < -0.39 is 0 Å². The summed E-state index contributed by atoms with van der Waals surface area (Å²) in [4.78, 5) is 19.1. The lowest BCUT2D eigenvalue weighted by atomic mass is 9.90. The van der Waals surface area contributed by atoms with Crippen molar-refractivity contribution in [3.63, 3.8) is 0 Å². The van der Waals surface area contributed by atoms with E-state index in [1.54, 1.807) is 11.8 Å². The molecule has 4 rings (SSSR count). The molecule has 0 saturated heterocycles. The average molecular weight is 341 g/mol. The minimum atomic E-state index is 0.0832. The number of nitrogens with one attached hydrogen (secondary N) is 1. The van der Waals surface area contributed by atoms with E-state index >= 15 is 0 Å². The molecule has 1 aliphatic carbocycles. The van der Waals surface area contributed by atoms with Gasteiger partial charge in [0.2, 0.25) is 5.91 Å². The van der Waals surface area contributed by atoms with Gasteiger partial charge in [0.15, 0.2) is 5.17 Å². The Hall–Kier alpha value is -1.75. The molecule has 1 N–H and O–H groups in total.